The van der Waals surface area contributed by atoms with Crippen LogP contribution in [0.3, 0.4) is 0 Å². The lowest BCUT2D eigenvalue weighted by Crippen LogP contribution is -2.61. The Morgan fingerprint density at radius 3 is 2.85 bits per heavy atom. The zero-order valence-electron chi connectivity index (χ0n) is 14.5. The highest BCUT2D eigenvalue weighted by Gasteiger charge is 2.68. The van der Waals surface area contributed by atoms with Gasteiger partial charge in [-0.15, -0.1) is 0 Å². The molecule has 0 aromatic heterocycles. The van der Waals surface area contributed by atoms with Crippen molar-refractivity contribution >= 4 is 11.6 Å². The molecule has 2 heterocycles. The summed E-state index contributed by atoms with van der Waals surface area (Å²) in [4.78, 5) is 12.6. The Hall–Kier alpha value is -2.29. The van der Waals surface area contributed by atoms with Gasteiger partial charge in [0.2, 0.25) is 12.7 Å². The van der Waals surface area contributed by atoms with Crippen molar-refractivity contribution in [3.8, 4) is 11.5 Å². The van der Waals surface area contributed by atoms with Crippen molar-refractivity contribution in [2.75, 3.05) is 6.79 Å². The van der Waals surface area contributed by atoms with Crippen molar-refractivity contribution in [3.05, 3.63) is 23.8 Å². The quantitative estimate of drug-likeness (QED) is 0.870. The molecule has 1 N–H and O–H groups in total. The first kappa shape index (κ1) is 18.1. The number of nitrogens with zero attached hydrogens (tertiary/aromatic N) is 2. The maximum Gasteiger partial charge on any atom is 0.439 e. The van der Waals surface area contributed by atoms with Crippen LogP contribution in [0, 0.1) is 5.92 Å². The van der Waals surface area contributed by atoms with E-state index in [0.29, 0.717) is 30.8 Å². The number of rotatable bonds is 3. The molecular weight excluding hydrogens is 365 g/mol. The number of carbonyl (C=O) groups is 1. The minimum absolute atomic E-state index is 0.114. The van der Waals surface area contributed by atoms with Gasteiger partial charge in [0.15, 0.2) is 11.5 Å². The lowest BCUT2D eigenvalue weighted by molar-refractivity contribution is -0.317. The van der Waals surface area contributed by atoms with Gasteiger partial charge in [0.05, 0.1) is 5.92 Å². The van der Waals surface area contributed by atoms with Gasteiger partial charge in [-0.25, -0.2) is 0 Å². The third-order valence-electron chi connectivity index (χ3n) is 5.33. The second kappa shape index (κ2) is 6.40. The summed E-state index contributed by atoms with van der Waals surface area (Å²) in [6.07, 6.45) is -3.16. The largest absolute Gasteiger partial charge is 0.454 e. The predicted octanol–water partition coefficient (Wildman–Crippen LogP) is 2.99. The van der Waals surface area contributed by atoms with Crippen molar-refractivity contribution in [2.45, 2.75) is 50.4 Å². The average molecular weight is 384 g/mol. The maximum atomic E-state index is 13.7. The Morgan fingerprint density at radius 2 is 2.07 bits per heavy atom. The molecule has 9 heteroatoms. The Kier molecular flexibility index (Phi) is 4.29. The number of amides is 1. The van der Waals surface area contributed by atoms with Crippen LogP contribution >= 0.6 is 0 Å². The minimum atomic E-state index is -4.98. The molecule has 0 radical (unpaired) electrons. The van der Waals surface area contributed by atoms with Crippen LogP contribution in [0.25, 0.3) is 0 Å². The number of hydrogen-bond acceptors (Lipinski definition) is 5. The molecule has 4 rings (SSSR count). The van der Waals surface area contributed by atoms with E-state index in [1.165, 1.54) is 0 Å². The van der Waals surface area contributed by atoms with Crippen molar-refractivity contribution in [2.24, 2.45) is 11.0 Å². The van der Waals surface area contributed by atoms with Gasteiger partial charge < -0.3 is 14.6 Å². The second-order valence-electron chi connectivity index (χ2n) is 7.01. The number of ether oxygens (including phenoxy) is 2. The summed E-state index contributed by atoms with van der Waals surface area (Å²) in [5.74, 6) is -0.902. The van der Waals surface area contributed by atoms with E-state index in [1.807, 2.05) is 0 Å². The standard InChI is InChI=1S/C18H19F3N2O4/c19-18(20,21)17(25)12-3-1-2-4-13(12)22-23(17)16(24)8-6-11-5-7-14-15(9-11)27-10-26-14/h5,7,9,12,25H,1-4,6,8,10H2/t12-,17-/m0/s1. The van der Waals surface area contributed by atoms with Crippen molar-refractivity contribution in [3.63, 3.8) is 0 Å². The summed E-state index contributed by atoms with van der Waals surface area (Å²) < 4.78 is 51.5. The van der Waals surface area contributed by atoms with E-state index in [0.717, 1.165) is 5.56 Å². The third kappa shape index (κ3) is 2.93. The maximum absolute atomic E-state index is 13.7. The van der Waals surface area contributed by atoms with Gasteiger partial charge in [0.25, 0.3) is 5.72 Å². The Balaban J connectivity index is 1.52. The lowest BCUT2D eigenvalue weighted by Gasteiger charge is -2.38. The number of fused-ring (bicyclic) bond motifs is 2. The molecule has 0 saturated heterocycles. The molecule has 146 valence electrons. The first-order chi connectivity index (χ1) is 12.8. The Labute approximate surface area is 153 Å². The SMILES string of the molecule is O=C(CCc1ccc2c(c1)OCO2)N1N=C2CCCC[C@@H]2[C@]1(O)C(F)(F)F. The molecule has 0 spiro atoms. The molecule has 3 aliphatic rings. The zero-order valence-corrected chi connectivity index (χ0v) is 14.5. The summed E-state index contributed by atoms with van der Waals surface area (Å²) in [5.41, 5.74) is -2.26. The van der Waals surface area contributed by atoms with E-state index < -0.39 is 23.7 Å². The zero-order chi connectivity index (χ0) is 19.2. The number of alkyl halides is 3. The number of aryl methyl sites for hydroxylation is 1. The number of hydrazone groups is 1. The molecule has 1 aliphatic carbocycles. The van der Waals surface area contributed by atoms with Crippen LogP contribution in [0.15, 0.2) is 23.3 Å². The predicted molar refractivity (Wildman–Crippen MR) is 88.1 cm³/mol. The van der Waals surface area contributed by atoms with Gasteiger partial charge in [-0.2, -0.15) is 23.3 Å². The summed E-state index contributed by atoms with van der Waals surface area (Å²) in [7, 11) is 0. The van der Waals surface area contributed by atoms with E-state index in [1.54, 1.807) is 18.2 Å². The second-order valence-corrected chi connectivity index (χ2v) is 7.01. The molecule has 0 unspecified atom stereocenters. The molecule has 1 fully saturated rings. The fourth-order valence-electron chi connectivity index (χ4n) is 3.92. The van der Waals surface area contributed by atoms with Gasteiger partial charge in [-0.05, 0) is 43.4 Å². The summed E-state index contributed by atoms with van der Waals surface area (Å²) in [6.45, 7) is 0.114. The first-order valence-electron chi connectivity index (χ1n) is 8.89. The summed E-state index contributed by atoms with van der Waals surface area (Å²) in [5, 5.41) is 14.7. The van der Waals surface area contributed by atoms with E-state index in [-0.39, 0.29) is 36.8 Å². The van der Waals surface area contributed by atoms with Gasteiger partial charge in [-0.1, -0.05) is 12.5 Å². The van der Waals surface area contributed by atoms with Gasteiger partial charge >= 0.3 is 6.18 Å². The summed E-state index contributed by atoms with van der Waals surface area (Å²) in [6, 6.07) is 5.12. The van der Waals surface area contributed by atoms with Crippen molar-refractivity contribution < 1.29 is 32.5 Å². The number of carbonyl (C=O) groups excluding carboxylic acids is 1. The lowest BCUT2D eigenvalue weighted by atomic mass is 9.80. The van der Waals surface area contributed by atoms with Crippen LogP contribution in [-0.2, 0) is 11.2 Å². The molecule has 1 saturated carbocycles. The number of hydrogen-bond donors (Lipinski definition) is 1. The first-order valence-corrected chi connectivity index (χ1v) is 8.89. The number of benzene rings is 1. The Bertz CT molecular complexity index is 795. The molecule has 1 aromatic carbocycles. The highest BCUT2D eigenvalue weighted by atomic mass is 19.4. The molecule has 27 heavy (non-hydrogen) atoms. The van der Waals surface area contributed by atoms with Gasteiger partial charge in [0, 0.05) is 12.1 Å². The molecule has 6 nitrogen and oxygen atoms in total. The summed E-state index contributed by atoms with van der Waals surface area (Å²) >= 11 is 0. The smallest absolute Gasteiger partial charge is 0.439 e. The minimum Gasteiger partial charge on any atom is -0.454 e. The molecule has 1 aromatic rings. The van der Waals surface area contributed by atoms with Crippen LogP contribution in [0.1, 0.15) is 37.7 Å². The van der Waals surface area contributed by atoms with Gasteiger partial charge in [-0.3, -0.25) is 4.79 Å². The van der Waals surface area contributed by atoms with Gasteiger partial charge in [0.1, 0.15) is 0 Å². The normalized spacial score (nSPS) is 26.7. The van der Waals surface area contributed by atoms with Crippen LogP contribution < -0.4 is 9.47 Å². The highest BCUT2D eigenvalue weighted by Crippen LogP contribution is 2.48. The number of halogens is 3. The number of aliphatic hydroxyl groups is 1. The molecule has 0 bridgehead atoms. The Morgan fingerprint density at radius 1 is 1.30 bits per heavy atom. The van der Waals surface area contributed by atoms with E-state index >= 15 is 0 Å². The molecule has 2 aliphatic heterocycles. The molecule has 2 atom stereocenters. The monoisotopic (exact) mass is 384 g/mol. The van der Waals surface area contributed by atoms with E-state index in [9.17, 15) is 23.1 Å². The average Bonchev–Trinajstić information content (AvgIpc) is 3.22. The topological polar surface area (TPSA) is 71.4 Å². The van der Waals surface area contributed by atoms with E-state index in [4.69, 9.17) is 9.47 Å². The third-order valence-corrected chi connectivity index (χ3v) is 5.33. The van der Waals surface area contributed by atoms with E-state index in [2.05, 4.69) is 5.10 Å². The van der Waals surface area contributed by atoms with Crippen LogP contribution in [0.4, 0.5) is 13.2 Å². The van der Waals surface area contributed by atoms with Crippen molar-refractivity contribution in [1.29, 1.82) is 0 Å². The van der Waals surface area contributed by atoms with Crippen LogP contribution in [0.5, 0.6) is 11.5 Å². The van der Waals surface area contributed by atoms with Crippen LogP contribution in [0.2, 0.25) is 0 Å². The molecular formula is C18H19F3N2O4. The van der Waals surface area contributed by atoms with Crippen LogP contribution in [-0.4, -0.2) is 40.4 Å². The highest BCUT2D eigenvalue weighted by molar-refractivity contribution is 5.93. The van der Waals surface area contributed by atoms with Crippen molar-refractivity contribution in [1.82, 2.24) is 5.01 Å². The fourth-order valence-corrected chi connectivity index (χ4v) is 3.92. The molecule has 1 amide bonds. The fraction of sp³-hybridized carbons (Fsp3) is 0.556.